The average molecular weight is 394 g/mol. The molecule has 0 saturated carbocycles. The van der Waals surface area contributed by atoms with Crippen molar-refractivity contribution in [1.82, 2.24) is 19.2 Å². The van der Waals surface area contributed by atoms with Crippen LogP contribution in [-0.4, -0.2) is 45.0 Å². The third-order valence-electron chi connectivity index (χ3n) is 4.81. The molecule has 1 unspecified atom stereocenters. The van der Waals surface area contributed by atoms with Gasteiger partial charge < -0.3 is 14.6 Å². The van der Waals surface area contributed by atoms with Gasteiger partial charge in [-0.2, -0.15) is 5.10 Å². The number of hydrogen-bond acceptors (Lipinski definition) is 5. The second-order valence-electron chi connectivity index (χ2n) is 6.40. The maximum atomic E-state index is 12.2. The molecule has 1 saturated heterocycles. The second kappa shape index (κ2) is 6.02. The summed E-state index contributed by atoms with van der Waals surface area (Å²) < 4.78 is 9.75. The molecule has 8 heteroatoms. The Morgan fingerprint density at radius 3 is 2.83 bits per heavy atom. The van der Waals surface area contributed by atoms with Gasteiger partial charge in [-0.3, -0.25) is 14.4 Å². The van der Waals surface area contributed by atoms with Crippen LogP contribution in [0.5, 0.6) is 0 Å². The largest absolute Gasteiger partial charge is 0.378 e. The molecule has 0 aromatic carbocycles. The molecule has 7 nitrogen and oxygen atoms in total. The molecule has 1 fully saturated rings. The fourth-order valence-electron chi connectivity index (χ4n) is 3.39. The van der Waals surface area contributed by atoms with Crippen molar-refractivity contribution in [2.24, 2.45) is 7.05 Å². The molecule has 2 aromatic heterocycles. The summed E-state index contributed by atoms with van der Waals surface area (Å²) in [5.74, 6) is 0.707. The van der Waals surface area contributed by atoms with E-state index in [1.165, 1.54) is 5.69 Å². The molecule has 2 aliphatic rings. The first-order valence-corrected chi connectivity index (χ1v) is 8.86. The Morgan fingerprint density at radius 2 is 2.12 bits per heavy atom. The predicted molar refractivity (Wildman–Crippen MR) is 94.6 cm³/mol. The summed E-state index contributed by atoms with van der Waals surface area (Å²) in [6, 6.07) is 4.62. The van der Waals surface area contributed by atoms with Crippen LogP contribution in [0.3, 0.4) is 0 Å². The molecule has 128 valence electrons. The molecule has 0 bridgehead atoms. The lowest BCUT2D eigenvalue weighted by atomic mass is 10.1. The van der Waals surface area contributed by atoms with Crippen LogP contribution in [0, 0.1) is 0 Å². The van der Waals surface area contributed by atoms with Crippen LogP contribution in [0.2, 0.25) is 0 Å². The van der Waals surface area contributed by atoms with Gasteiger partial charge in [0.05, 0.1) is 31.5 Å². The summed E-state index contributed by atoms with van der Waals surface area (Å²) in [6.45, 7) is 5.67. The summed E-state index contributed by atoms with van der Waals surface area (Å²) in [5, 5.41) is 7.78. The smallest absolute Gasteiger partial charge is 0.274 e. The summed E-state index contributed by atoms with van der Waals surface area (Å²) in [5.41, 5.74) is 1.60. The first kappa shape index (κ1) is 15.9. The highest BCUT2D eigenvalue weighted by molar-refractivity contribution is 9.10. The third kappa shape index (κ3) is 2.68. The molecule has 0 radical (unpaired) electrons. The van der Waals surface area contributed by atoms with Crippen LogP contribution < -0.4 is 10.9 Å². The monoisotopic (exact) mass is 393 g/mol. The van der Waals surface area contributed by atoms with Crippen molar-refractivity contribution < 1.29 is 4.74 Å². The molecule has 2 aromatic rings. The van der Waals surface area contributed by atoms with Crippen molar-refractivity contribution in [3.63, 3.8) is 0 Å². The number of nitrogens with one attached hydrogen (secondary N) is 1. The minimum absolute atomic E-state index is 0.0783. The van der Waals surface area contributed by atoms with Gasteiger partial charge in [-0.1, -0.05) is 0 Å². The van der Waals surface area contributed by atoms with E-state index in [1.54, 1.807) is 23.9 Å². The molecule has 0 amide bonds. The highest BCUT2D eigenvalue weighted by Gasteiger charge is 2.34. The maximum Gasteiger partial charge on any atom is 0.274 e. The lowest BCUT2D eigenvalue weighted by molar-refractivity contribution is -0.0847. The molecular weight excluding hydrogens is 374 g/mol. The first-order chi connectivity index (χ1) is 11.5. The van der Waals surface area contributed by atoms with E-state index in [0.717, 1.165) is 30.8 Å². The van der Waals surface area contributed by atoms with Crippen LogP contribution in [0.25, 0.3) is 0 Å². The molecule has 1 N–H and O–H groups in total. The molecule has 24 heavy (non-hydrogen) atoms. The van der Waals surface area contributed by atoms with Crippen molar-refractivity contribution in [2.45, 2.75) is 25.6 Å². The van der Waals surface area contributed by atoms with Gasteiger partial charge in [0.25, 0.3) is 5.56 Å². The quantitative estimate of drug-likeness (QED) is 0.861. The number of hydrogen-bond donors (Lipinski definition) is 1. The Kier molecular flexibility index (Phi) is 3.98. The number of fused-ring (bicyclic) bond motifs is 1. The van der Waals surface area contributed by atoms with Crippen molar-refractivity contribution in [2.75, 3.05) is 25.1 Å². The van der Waals surface area contributed by atoms with Gasteiger partial charge in [0.15, 0.2) is 5.82 Å². The zero-order valence-electron chi connectivity index (χ0n) is 13.7. The summed E-state index contributed by atoms with van der Waals surface area (Å²) in [4.78, 5) is 14.7. The van der Waals surface area contributed by atoms with Crippen LogP contribution in [0.4, 0.5) is 11.5 Å². The fraction of sp³-hybridized carbons (Fsp3) is 0.500. The topological polar surface area (TPSA) is 64.3 Å². The maximum absolute atomic E-state index is 12.2. The van der Waals surface area contributed by atoms with E-state index in [2.05, 4.69) is 38.2 Å². The van der Waals surface area contributed by atoms with Crippen molar-refractivity contribution in [3.05, 3.63) is 38.9 Å². The fourth-order valence-corrected chi connectivity index (χ4v) is 3.93. The van der Waals surface area contributed by atoms with Gasteiger partial charge in [0.1, 0.15) is 5.69 Å². The standard InChI is InChI=1S/C16H20BrN5O2/c1-10-14-6-15(18-13-5-11(17)7-20(2)16(13)23)19-22(14)4-3-21(10)12-8-24-9-12/h5-7,10,12H,3-4,8-9H2,1-2H3,(H,18,19). The van der Waals surface area contributed by atoms with Crippen LogP contribution in [0.1, 0.15) is 18.7 Å². The molecular formula is C16H20BrN5O2. The zero-order chi connectivity index (χ0) is 16.8. The molecule has 1 atom stereocenters. The highest BCUT2D eigenvalue weighted by Crippen LogP contribution is 2.31. The Bertz CT molecular complexity index is 826. The van der Waals surface area contributed by atoms with E-state index in [4.69, 9.17) is 4.74 Å². The highest BCUT2D eigenvalue weighted by atomic mass is 79.9. The van der Waals surface area contributed by atoms with Crippen LogP contribution >= 0.6 is 15.9 Å². The Labute approximate surface area is 148 Å². The van der Waals surface area contributed by atoms with E-state index >= 15 is 0 Å². The molecule has 0 spiro atoms. The van der Waals surface area contributed by atoms with Crippen molar-refractivity contribution in [3.8, 4) is 0 Å². The van der Waals surface area contributed by atoms with Crippen LogP contribution in [-0.2, 0) is 18.3 Å². The summed E-state index contributed by atoms with van der Waals surface area (Å²) in [6.07, 6.45) is 1.74. The number of rotatable bonds is 3. The molecule has 4 rings (SSSR count). The van der Waals surface area contributed by atoms with Gasteiger partial charge in [0, 0.05) is 36.4 Å². The Balaban J connectivity index is 1.60. The SMILES string of the molecule is CC1c2cc(Nc3cc(Br)cn(C)c3=O)nn2CCN1C1COC1. The van der Waals surface area contributed by atoms with Gasteiger partial charge >= 0.3 is 0 Å². The Hall–Kier alpha value is -1.64. The third-order valence-corrected chi connectivity index (χ3v) is 5.24. The van der Waals surface area contributed by atoms with E-state index in [0.29, 0.717) is 23.6 Å². The lowest BCUT2D eigenvalue weighted by Gasteiger charge is -2.43. The minimum Gasteiger partial charge on any atom is -0.378 e. The minimum atomic E-state index is -0.0783. The normalized spacial score (nSPS) is 21.4. The predicted octanol–water partition coefficient (Wildman–Crippen LogP) is 1.86. The number of nitrogens with zero attached hydrogens (tertiary/aromatic N) is 4. The number of ether oxygens (including phenoxy) is 1. The first-order valence-electron chi connectivity index (χ1n) is 8.07. The van der Waals surface area contributed by atoms with Crippen LogP contribution in [0.15, 0.2) is 27.6 Å². The number of aryl methyl sites for hydroxylation is 1. The van der Waals surface area contributed by atoms with E-state index in [-0.39, 0.29) is 5.56 Å². The summed E-state index contributed by atoms with van der Waals surface area (Å²) in [7, 11) is 1.73. The Morgan fingerprint density at radius 1 is 1.33 bits per heavy atom. The van der Waals surface area contributed by atoms with Gasteiger partial charge in [-0.15, -0.1) is 0 Å². The average Bonchev–Trinajstić information content (AvgIpc) is 2.89. The van der Waals surface area contributed by atoms with Gasteiger partial charge in [-0.25, -0.2) is 0 Å². The van der Waals surface area contributed by atoms with Gasteiger partial charge in [0.2, 0.25) is 0 Å². The van der Waals surface area contributed by atoms with E-state index < -0.39 is 0 Å². The van der Waals surface area contributed by atoms with E-state index in [1.807, 2.05) is 10.7 Å². The second-order valence-corrected chi connectivity index (χ2v) is 7.31. The van der Waals surface area contributed by atoms with E-state index in [9.17, 15) is 4.79 Å². The van der Waals surface area contributed by atoms with Crippen molar-refractivity contribution >= 4 is 27.4 Å². The summed E-state index contributed by atoms with van der Waals surface area (Å²) >= 11 is 3.42. The van der Waals surface area contributed by atoms with Gasteiger partial charge in [-0.05, 0) is 28.9 Å². The number of halogens is 1. The molecule has 2 aliphatic heterocycles. The lowest BCUT2D eigenvalue weighted by Crippen LogP contribution is -2.52. The zero-order valence-corrected chi connectivity index (χ0v) is 15.3. The number of anilines is 2. The van der Waals surface area contributed by atoms with Crippen molar-refractivity contribution in [1.29, 1.82) is 0 Å². The molecule has 4 heterocycles. The number of aromatic nitrogens is 3. The number of pyridine rings is 1. The molecule has 0 aliphatic carbocycles.